The third kappa shape index (κ3) is 2.76. The SMILES string of the molecule is O=C(Nc1cc(Cl)cc2cccnc12)C1CCOCC1. The monoisotopic (exact) mass is 290 g/mol. The van der Waals surface area contributed by atoms with Gasteiger partial charge in [0.2, 0.25) is 5.91 Å². The molecule has 2 heterocycles. The number of fused-ring (bicyclic) bond motifs is 1. The average Bonchev–Trinajstić information content (AvgIpc) is 2.48. The average molecular weight is 291 g/mol. The molecule has 1 fully saturated rings. The molecule has 1 aliphatic heterocycles. The van der Waals surface area contributed by atoms with Crippen LogP contribution in [-0.4, -0.2) is 24.1 Å². The van der Waals surface area contributed by atoms with Crippen LogP contribution in [0.2, 0.25) is 5.02 Å². The quantitative estimate of drug-likeness (QED) is 0.923. The molecular weight excluding hydrogens is 276 g/mol. The first-order chi connectivity index (χ1) is 9.74. The number of hydrogen-bond donors (Lipinski definition) is 1. The fraction of sp³-hybridized carbons (Fsp3) is 0.333. The summed E-state index contributed by atoms with van der Waals surface area (Å²) in [6.07, 6.45) is 3.23. The van der Waals surface area contributed by atoms with Gasteiger partial charge in [0.1, 0.15) is 0 Å². The van der Waals surface area contributed by atoms with Crippen LogP contribution in [0.5, 0.6) is 0 Å². The van der Waals surface area contributed by atoms with E-state index in [4.69, 9.17) is 16.3 Å². The van der Waals surface area contributed by atoms with Crippen molar-refractivity contribution < 1.29 is 9.53 Å². The van der Waals surface area contributed by atoms with E-state index in [9.17, 15) is 4.79 Å². The van der Waals surface area contributed by atoms with Crippen molar-refractivity contribution >= 4 is 34.1 Å². The fourth-order valence-electron chi connectivity index (χ4n) is 2.45. The minimum atomic E-state index is 0.00138. The van der Waals surface area contributed by atoms with Crippen LogP contribution in [0.3, 0.4) is 0 Å². The van der Waals surface area contributed by atoms with Crippen molar-refractivity contribution in [2.45, 2.75) is 12.8 Å². The van der Waals surface area contributed by atoms with Gasteiger partial charge in [0.05, 0.1) is 11.2 Å². The van der Waals surface area contributed by atoms with Crippen LogP contribution in [0.15, 0.2) is 30.5 Å². The lowest BCUT2D eigenvalue weighted by molar-refractivity contribution is -0.122. The van der Waals surface area contributed by atoms with Crippen molar-refractivity contribution in [3.05, 3.63) is 35.5 Å². The van der Waals surface area contributed by atoms with E-state index in [1.54, 1.807) is 12.3 Å². The summed E-state index contributed by atoms with van der Waals surface area (Å²) in [6.45, 7) is 1.29. The Morgan fingerprint density at radius 1 is 1.35 bits per heavy atom. The smallest absolute Gasteiger partial charge is 0.227 e. The Morgan fingerprint density at radius 2 is 2.15 bits per heavy atom. The van der Waals surface area contributed by atoms with Gasteiger partial charge in [-0.05, 0) is 31.0 Å². The van der Waals surface area contributed by atoms with Crippen LogP contribution < -0.4 is 5.32 Å². The van der Waals surface area contributed by atoms with Gasteiger partial charge in [-0.15, -0.1) is 0 Å². The Balaban J connectivity index is 1.88. The molecule has 1 aliphatic rings. The summed E-state index contributed by atoms with van der Waals surface area (Å²) in [5.41, 5.74) is 1.43. The van der Waals surface area contributed by atoms with Crippen molar-refractivity contribution in [3.8, 4) is 0 Å². The number of nitrogens with zero attached hydrogens (tertiary/aromatic N) is 1. The summed E-state index contributed by atoms with van der Waals surface area (Å²) in [5, 5.41) is 4.46. The number of benzene rings is 1. The number of halogens is 1. The van der Waals surface area contributed by atoms with E-state index < -0.39 is 0 Å². The van der Waals surface area contributed by atoms with Crippen LogP contribution in [0.25, 0.3) is 10.9 Å². The molecule has 0 spiro atoms. The molecule has 1 aromatic heterocycles. The highest BCUT2D eigenvalue weighted by Crippen LogP contribution is 2.27. The molecule has 1 aromatic carbocycles. The minimum absolute atomic E-state index is 0.00138. The van der Waals surface area contributed by atoms with Gasteiger partial charge in [0.25, 0.3) is 0 Å². The number of ether oxygens (including phenoxy) is 1. The van der Waals surface area contributed by atoms with Gasteiger partial charge in [0, 0.05) is 35.7 Å². The Labute approximate surface area is 122 Å². The number of aromatic nitrogens is 1. The molecule has 4 nitrogen and oxygen atoms in total. The van der Waals surface area contributed by atoms with Crippen molar-refractivity contribution in [2.75, 3.05) is 18.5 Å². The lowest BCUT2D eigenvalue weighted by Crippen LogP contribution is -2.28. The van der Waals surface area contributed by atoms with Crippen LogP contribution in [0, 0.1) is 5.92 Å². The van der Waals surface area contributed by atoms with E-state index in [0.29, 0.717) is 23.9 Å². The van der Waals surface area contributed by atoms with Gasteiger partial charge in [-0.25, -0.2) is 0 Å². The molecule has 0 saturated carbocycles. The molecule has 0 radical (unpaired) electrons. The number of anilines is 1. The molecule has 0 atom stereocenters. The molecule has 20 heavy (non-hydrogen) atoms. The van der Waals surface area contributed by atoms with Crippen LogP contribution in [0.1, 0.15) is 12.8 Å². The van der Waals surface area contributed by atoms with Crippen LogP contribution in [0.4, 0.5) is 5.69 Å². The third-order valence-electron chi connectivity index (χ3n) is 3.52. The molecule has 0 aliphatic carbocycles. The second-order valence-corrected chi connectivity index (χ2v) is 5.34. The number of rotatable bonds is 2. The lowest BCUT2D eigenvalue weighted by atomic mass is 9.99. The Hall–Kier alpha value is -1.65. The van der Waals surface area contributed by atoms with Gasteiger partial charge in [-0.1, -0.05) is 17.7 Å². The van der Waals surface area contributed by atoms with Crippen LogP contribution in [-0.2, 0) is 9.53 Å². The highest BCUT2D eigenvalue weighted by atomic mass is 35.5. The van der Waals surface area contributed by atoms with Gasteiger partial charge in [0.15, 0.2) is 0 Å². The Bertz CT molecular complexity index is 639. The topological polar surface area (TPSA) is 51.2 Å². The number of nitrogens with one attached hydrogen (secondary N) is 1. The predicted octanol–water partition coefficient (Wildman–Crippen LogP) is 3.25. The molecule has 0 bridgehead atoms. The number of pyridine rings is 1. The maximum absolute atomic E-state index is 12.3. The van der Waals surface area contributed by atoms with Crippen molar-refractivity contribution in [2.24, 2.45) is 5.92 Å². The zero-order valence-electron chi connectivity index (χ0n) is 10.9. The number of carbonyl (C=O) groups excluding carboxylic acids is 1. The number of carbonyl (C=O) groups is 1. The van der Waals surface area contributed by atoms with Gasteiger partial charge in [-0.3, -0.25) is 9.78 Å². The zero-order chi connectivity index (χ0) is 13.9. The third-order valence-corrected chi connectivity index (χ3v) is 3.74. The minimum Gasteiger partial charge on any atom is -0.381 e. The molecule has 5 heteroatoms. The van der Waals surface area contributed by atoms with Crippen LogP contribution >= 0.6 is 11.6 Å². The lowest BCUT2D eigenvalue weighted by Gasteiger charge is -2.21. The van der Waals surface area contributed by atoms with E-state index in [1.807, 2.05) is 18.2 Å². The van der Waals surface area contributed by atoms with E-state index >= 15 is 0 Å². The normalized spacial score (nSPS) is 16.2. The Kier molecular flexibility index (Phi) is 3.85. The molecule has 104 valence electrons. The van der Waals surface area contributed by atoms with Crippen molar-refractivity contribution in [1.82, 2.24) is 4.98 Å². The zero-order valence-corrected chi connectivity index (χ0v) is 11.7. The predicted molar refractivity (Wildman–Crippen MR) is 78.9 cm³/mol. The van der Waals surface area contributed by atoms with E-state index in [0.717, 1.165) is 23.7 Å². The number of amides is 1. The summed E-state index contributed by atoms with van der Waals surface area (Å²) in [6, 6.07) is 7.36. The summed E-state index contributed by atoms with van der Waals surface area (Å²) in [7, 11) is 0. The van der Waals surface area contributed by atoms with Gasteiger partial charge < -0.3 is 10.1 Å². The van der Waals surface area contributed by atoms with Crippen molar-refractivity contribution in [3.63, 3.8) is 0 Å². The standard InChI is InChI=1S/C15H15ClN2O2/c16-12-8-11-2-1-5-17-14(11)13(9-12)18-15(19)10-3-6-20-7-4-10/h1-2,5,8-10H,3-4,6-7H2,(H,18,19). The molecule has 1 amide bonds. The van der Waals surface area contributed by atoms with E-state index in [-0.39, 0.29) is 11.8 Å². The first kappa shape index (κ1) is 13.3. The highest BCUT2D eigenvalue weighted by Gasteiger charge is 2.22. The molecule has 3 rings (SSSR count). The fourth-order valence-corrected chi connectivity index (χ4v) is 2.67. The summed E-state index contributed by atoms with van der Waals surface area (Å²) in [4.78, 5) is 16.6. The molecule has 1 saturated heterocycles. The van der Waals surface area contributed by atoms with Gasteiger partial charge in [-0.2, -0.15) is 0 Å². The second-order valence-electron chi connectivity index (χ2n) is 4.90. The largest absolute Gasteiger partial charge is 0.381 e. The first-order valence-corrected chi connectivity index (χ1v) is 7.05. The molecule has 2 aromatic rings. The van der Waals surface area contributed by atoms with Crippen molar-refractivity contribution in [1.29, 1.82) is 0 Å². The Morgan fingerprint density at radius 3 is 2.95 bits per heavy atom. The van der Waals surface area contributed by atoms with Gasteiger partial charge >= 0.3 is 0 Å². The molecule has 0 unspecified atom stereocenters. The second kappa shape index (κ2) is 5.77. The summed E-state index contributed by atoms with van der Waals surface area (Å²) in [5.74, 6) is 0.0176. The maximum Gasteiger partial charge on any atom is 0.227 e. The molecule has 1 N–H and O–H groups in total. The maximum atomic E-state index is 12.3. The van der Waals surface area contributed by atoms with E-state index in [2.05, 4.69) is 10.3 Å². The number of hydrogen-bond acceptors (Lipinski definition) is 3. The first-order valence-electron chi connectivity index (χ1n) is 6.67. The highest BCUT2D eigenvalue weighted by molar-refractivity contribution is 6.32. The van der Waals surface area contributed by atoms with E-state index in [1.165, 1.54) is 0 Å². The molecular formula is C15H15ClN2O2. The summed E-state index contributed by atoms with van der Waals surface area (Å²) >= 11 is 6.09. The summed E-state index contributed by atoms with van der Waals surface area (Å²) < 4.78 is 5.28.